The monoisotopic (exact) mass is 361 g/mol. The van der Waals surface area contributed by atoms with E-state index in [1.165, 1.54) is 17.1 Å². The van der Waals surface area contributed by atoms with Crippen LogP contribution in [0, 0.1) is 0 Å². The van der Waals surface area contributed by atoms with Crippen LogP contribution in [0.5, 0.6) is 0 Å². The van der Waals surface area contributed by atoms with E-state index in [1.807, 2.05) is 6.92 Å². The molecule has 18 heavy (non-hydrogen) atoms. The second-order valence-electron chi connectivity index (χ2n) is 4.82. The maximum Gasteiger partial charge on any atom is 0.254 e. The van der Waals surface area contributed by atoms with Gasteiger partial charge in [-0.3, -0.25) is 19.3 Å². The van der Waals surface area contributed by atoms with Crippen LogP contribution in [0.4, 0.5) is 0 Å². The number of halogens is 1. The van der Waals surface area contributed by atoms with Crippen molar-refractivity contribution in [1.82, 2.24) is 4.90 Å². The van der Waals surface area contributed by atoms with Crippen molar-refractivity contribution >= 4 is 40.2 Å². The topological polar surface area (TPSA) is 54.5 Å². The van der Waals surface area contributed by atoms with E-state index in [2.05, 4.69) is 22.6 Å². The van der Waals surface area contributed by atoms with Crippen LogP contribution >= 0.6 is 22.6 Å². The van der Waals surface area contributed by atoms with Crippen molar-refractivity contribution in [2.75, 3.05) is 0 Å². The number of hydrogen-bond donors (Lipinski definition) is 0. The lowest BCUT2D eigenvalue weighted by molar-refractivity contribution is -0.151. The Bertz CT molecular complexity index is 406. The van der Waals surface area contributed by atoms with Gasteiger partial charge in [0.2, 0.25) is 0 Å². The summed E-state index contributed by atoms with van der Waals surface area (Å²) < 4.78 is -0.137. The third-order valence-corrected chi connectivity index (χ3v) is 5.22. The Labute approximate surface area is 120 Å². The van der Waals surface area contributed by atoms with Crippen molar-refractivity contribution in [3.63, 3.8) is 0 Å². The van der Waals surface area contributed by atoms with Crippen molar-refractivity contribution < 1.29 is 14.4 Å². The van der Waals surface area contributed by atoms with Crippen LogP contribution in [-0.4, -0.2) is 32.0 Å². The maximum atomic E-state index is 12.6. The Kier molecular flexibility index (Phi) is 3.89. The molecule has 1 unspecified atom stereocenters. The predicted molar refractivity (Wildman–Crippen MR) is 75.3 cm³/mol. The lowest BCUT2D eigenvalue weighted by atomic mass is 9.87. The number of alkyl halides is 1. The highest BCUT2D eigenvalue weighted by atomic mass is 127. The lowest BCUT2D eigenvalue weighted by Gasteiger charge is -2.37. The second-order valence-corrected chi connectivity index (χ2v) is 6.33. The van der Waals surface area contributed by atoms with Gasteiger partial charge in [-0.15, -0.1) is 0 Å². The van der Waals surface area contributed by atoms with Crippen molar-refractivity contribution in [3.8, 4) is 0 Å². The Hall–Kier alpha value is -0.720. The summed E-state index contributed by atoms with van der Waals surface area (Å²) in [6.07, 6.45) is 6.29. The highest BCUT2D eigenvalue weighted by Gasteiger charge is 2.52. The van der Waals surface area contributed by atoms with Gasteiger partial charge in [-0.1, -0.05) is 42.4 Å². The van der Waals surface area contributed by atoms with Gasteiger partial charge in [0, 0.05) is 12.2 Å². The molecule has 5 heteroatoms. The fourth-order valence-corrected chi connectivity index (χ4v) is 3.42. The third-order valence-electron chi connectivity index (χ3n) is 3.77. The highest BCUT2D eigenvalue weighted by molar-refractivity contribution is 14.1. The van der Waals surface area contributed by atoms with Crippen LogP contribution in [-0.2, 0) is 14.4 Å². The molecule has 1 heterocycles. The van der Waals surface area contributed by atoms with E-state index in [0.29, 0.717) is 12.8 Å². The molecule has 2 aliphatic rings. The van der Waals surface area contributed by atoms with Crippen LogP contribution in [0.15, 0.2) is 12.2 Å². The highest BCUT2D eigenvalue weighted by Crippen LogP contribution is 2.40. The lowest BCUT2D eigenvalue weighted by Crippen LogP contribution is -2.57. The van der Waals surface area contributed by atoms with E-state index in [-0.39, 0.29) is 21.5 Å². The molecule has 2 amide bonds. The molecular weight excluding hydrogens is 345 g/mol. The first-order valence-corrected chi connectivity index (χ1v) is 7.52. The van der Waals surface area contributed by atoms with E-state index in [9.17, 15) is 14.4 Å². The summed E-state index contributed by atoms with van der Waals surface area (Å²) >= 11 is 2.11. The molecule has 98 valence electrons. The molecule has 0 aromatic carbocycles. The maximum absolute atomic E-state index is 12.6. The number of amides is 2. The van der Waals surface area contributed by atoms with Crippen molar-refractivity contribution in [2.45, 2.75) is 48.5 Å². The Morgan fingerprint density at radius 2 is 1.83 bits per heavy atom. The predicted octanol–water partition coefficient (Wildman–Crippen LogP) is 2.01. The first-order chi connectivity index (χ1) is 8.53. The van der Waals surface area contributed by atoms with Gasteiger partial charge in [0.15, 0.2) is 5.78 Å². The molecule has 0 saturated heterocycles. The van der Waals surface area contributed by atoms with Gasteiger partial charge in [-0.05, 0) is 19.3 Å². The molecule has 1 aliphatic heterocycles. The zero-order valence-corrected chi connectivity index (χ0v) is 12.5. The Balaban J connectivity index is 2.36. The quantitative estimate of drug-likeness (QED) is 0.437. The van der Waals surface area contributed by atoms with Gasteiger partial charge in [0.1, 0.15) is 5.54 Å². The molecule has 4 nitrogen and oxygen atoms in total. The van der Waals surface area contributed by atoms with E-state index in [1.54, 1.807) is 0 Å². The molecule has 1 aliphatic carbocycles. The summed E-state index contributed by atoms with van der Waals surface area (Å²) in [4.78, 5) is 37.5. The van der Waals surface area contributed by atoms with Crippen LogP contribution in [0.1, 0.15) is 39.0 Å². The summed E-state index contributed by atoms with van der Waals surface area (Å²) in [5.41, 5.74) is -0.875. The molecular formula is C13H16INO3. The molecule has 1 fully saturated rings. The third kappa shape index (κ3) is 2.02. The van der Waals surface area contributed by atoms with E-state index < -0.39 is 5.54 Å². The summed E-state index contributed by atoms with van der Waals surface area (Å²) in [6.45, 7) is 1.95. The fourth-order valence-electron chi connectivity index (χ4n) is 2.84. The van der Waals surface area contributed by atoms with Crippen molar-refractivity contribution in [3.05, 3.63) is 12.2 Å². The summed E-state index contributed by atoms with van der Waals surface area (Å²) in [7, 11) is 0. The molecule has 0 spiro atoms. The van der Waals surface area contributed by atoms with E-state index in [4.69, 9.17) is 0 Å². The van der Waals surface area contributed by atoms with E-state index in [0.717, 1.165) is 19.3 Å². The fraction of sp³-hybridized carbons (Fsp3) is 0.615. The standard InChI is InChI=1S/C13H16INO3/c1-2-9(14)12(18)13(7-3-4-8-13)15-10(16)5-6-11(15)17/h5-6,9H,2-4,7-8H2,1H3. The summed E-state index contributed by atoms with van der Waals surface area (Å²) in [5, 5.41) is 0. The SMILES string of the molecule is CCC(I)C(=O)C1(N2C(=O)C=CC2=O)CCCC1. The number of carbonyl (C=O) groups is 3. The van der Waals surface area contributed by atoms with Gasteiger partial charge in [0.05, 0.1) is 3.92 Å². The molecule has 2 rings (SSSR count). The molecule has 0 aromatic rings. The molecule has 0 radical (unpaired) electrons. The smallest absolute Gasteiger partial charge is 0.254 e. The largest absolute Gasteiger partial charge is 0.296 e. The van der Waals surface area contributed by atoms with Gasteiger partial charge < -0.3 is 0 Å². The minimum Gasteiger partial charge on any atom is -0.296 e. The number of imide groups is 1. The number of ketones is 1. The second kappa shape index (κ2) is 5.11. The van der Waals surface area contributed by atoms with Crippen molar-refractivity contribution in [2.24, 2.45) is 0 Å². The molecule has 0 N–H and O–H groups in total. The zero-order chi connectivity index (χ0) is 13.3. The number of carbonyl (C=O) groups excluding carboxylic acids is 3. The molecule has 1 atom stereocenters. The summed E-state index contributed by atoms with van der Waals surface area (Å²) in [5.74, 6) is -0.640. The van der Waals surface area contributed by atoms with Gasteiger partial charge in [0.25, 0.3) is 11.8 Å². The van der Waals surface area contributed by atoms with Gasteiger partial charge >= 0.3 is 0 Å². The van der Waals surface area contributed by atoms with Crippen LogP contribution < -0.4 is 0 Å². The average Bonchev–Trinajstić information content (AvgIpc) is 2.95. The van der Waals surface area contributed by atoms with Gasteiger partial charge in [-0.25, -0.2) is 0 Å². The average molecular weight is 361 g/mol. The van der Waals surface area contributed by atoms with Crippen LogP contribution in [0.25, 0.3) is 0 Å². The number of Topliss-reactive ketones (excluding diaryl/α,β-unsaturated/α-hetero) is 1. The Morgan fingerprint density at radius 1 is 1.33 bits per heavy atom. The summed E-state index contributed by atoms with van der Waals surface area (Å²) in [6, 6.07) is 0. The number of nitrogens with zero attached hydrogens (tertiary/aromatic N) is 1. The first-order valence-electron chi connectivity index (χ1n) is 6.27. The minimum atomic E-state index is -0.875. The van der Waals surface area contributed by atoms with Crippen molar-refractivity contribution in [1.29, 1.82) is 0 Å². The van der Waals surface area contributed by atoms with E-state index >= 15 is 0 Å². The van der Waals surface area contributed by atoms with Gasteiger partial charge in [-0.2, -0.15) is 0 Å². The normalized spacial score (nSPS) is 23.8. The zero-order valence-electron chi connectivity index (χ0n) is 10.3. The number of hydrogen-bond acceptors (Lipinski definition) is 3. The van der Waals surface area contributed by atoms with Crippen LogP contribution in [0.3, 0.4) is 0 Å². The molecule has 0 bridgehead atoms. The molecule has 0 aromatic heterocycles. The first kappa shape index (κ1) is 13.7. The Morgan fingerprint density at radius 3 is 2.28 bits per heavy atom. The number of rotatable bonds is 4. The molecule has 1 saturated carbocycles. The minimum absolute atomic E-state index is 0.0356. The van der Waals surface area contributed by atoms with Crippen LogP contribution in [0.2, 0.25) is 0 Å².